The van der Waals surface area contributed by atoms with E-state index >= 15 is 0 Å². The molecule has 150 valence electrons. The van der Waals surface area contributed by atoms with Crippen LogP contribution in [0, 0.1) is 0 Å². The lowest BCUT2D eigenvalue weighted by Gasteiger charge is -2.22. The van der Waals surface area contributed by atoms with Gasteiger partial charge in [-0.1, -0.05) is 61.2 Å². The van der Waals surface area contributed by atoms with Crippen LogP contribution < -0.4 is 10.1 Å². The monoisotopic (exact) mass is 413 g/mol. The predicted molar refractivity (Wildman–Crippen MR) is 116 cm³/mol. The molecule has 4 rings (SSSR count). The van der Waals surface area contributed by atoms with Gasteiger partial charge >= 0.3 is 6.18 Å². The Morgan fingerprint density at radius 3 is 1.97 bits per heavy atom. The minimum Gasteiger partial charge on any atom is -0.453 e. The Balaban J connectivity index is 1.86. The summed E-state index contributed by atoms with van der Waals surface area (Å²) in [7, 11) is 0.495. The summed E-state index contributed by atoms with van der Waals surface area (Å²) >= 11 is 0. The van der Waals surface area contributed by atoms with Crippen molar-refractivity contribution in [1.82, 2.24) is 0 Å². The molecule has 0 atom stereocenters. The third kappa shape index (κ3) is 3.42. The molecule has 1 heterocycles. The summed E-state index contributed by atoms with van der Waals surface area (Å²) in [5.41, 5.74) is 1.27. The van der Waals surface area contributed by atoms with E-state index in [4.69, 9.17) is 4.42 Å². The highest BCUT2D eigenvalue weighted by molar-refractivity contribution is 6.88. The average Bonchev–Trinajstić information content (AvgIpc) is 3.04. The maximum absolute atomic E-state index is 13.4. The fourth-order valence-corrected chi connectivity index (χ4v) is 4.78. The normalized spacial score (nSPS) is 12.7. The number of benzene rings is 3. The number of hydrogen-bond donors (Lipinski definition) is 0. The highest BCUT2D eigenvalue weighted by Crippen LogP contribution is 2.42. The van der Waals surface area contributed by atoms with E-state index in [9.17, 15) is 13.2 Å². The maximum Gasteiger partial charge on any atom is 0.420 e. The molecule has 0 N–H and O–H groups in total. The van der Waals surface area contributed by atoms with Crippen molar-refractivity contribution < 1.29 is 17.6 Å². The molecule has 0 aliphatic carbocycles. The number of para-hydroxylation sites is 2. The molecule has 0 spiro atoms. The van der Waals surface area contributed by atoms with Crippen LogP contribution in [0.1, 0.15) is 5.56 Å². The van der Waals surface area contributed by atoms with Crippen LogP contribution in [0.3, 0.4) is 0 Å². The molecule has 29 heavy (non-hydrogen) atoms. The van der Waals surface area contributed by atoms with E-state index < -0.39 is 19.8 Å². The van der Waals surface area contributed by atoms with Gasteiger partial charge in [-0.05, 0) is 24.3 Å². The molecule has 0 saturated carbocycles. The number of furan rings is 1. The van der Waals surface area contributed by atoms with Crippen molar-refractivity contribution in [2.75, 3.05) is 11.9 Å². The molecular weight excluding hydrogens is 391 g/mol. The van der Waals surface area contributed by atoms with Crippen LogP contribution in [0.4, 0.5) is 24.5 Å². The van der Waals surface area contributed by atoms with Crippen LogP contribution >= 0.6 is 0 Å². The summed E-state index contributed by atoms with van der Waals surface area (Å²) in [6, 6.07) is 18.0. The van der Waals surface area contributed by atoms with E-state index in [1.165, 1.54) is 11.3 Å². The largest absolute Gasteiger partial charge is 0.453 e. The minimum atomic E-state index is -4.47. The first-order valence-corrected chi connectivity index (χ1v) is 12.9. The molecule has 0 aliphatic heterocycles. The molecule has 0 fully saturated rings. The predicted octanol–water partition coefficient (Wildman–Crippen LogP) is 6.92. The fraction of sp³-hybridized carbons (Fsp3) is 0.217. The summed E-state index contributed by atoms with van der Waals surface area (Å²) < 4.78 is 46.1. The molecule has 6 heteroatoms. The Bertz CT molecular complexity index is 1190. The van der Waals surface area contributed by atoms with Gasteiger partial charge in [0.1, 0.15) is 5.58 Å². The van der Waals surface area contributed by atoms with Crippen LogP contribution in [0.15, 0.2) is 65.1 Å². The van der Waals surface area contributed by atoms with Gasteiger partial charge in [0.05, 0.1) is 19.3 Å². The molecule has 1 aromatic heterocycles. The average molecular weight is 414 g/mol. The second kappa shape index (κ2) is 6.66. The lowest BCUT2D eigenvalue weighted by molar-refractivity contribution is -0.136. The first kappa shape index (κ1) is 19.6. The number of rotatable bonds is 3. The summed E-state index contributed by atoms with van der Waals surface area (Å²) in [5, 5.41) is 2.50. The molecule has 0 unspecified atom stereocenters. The van der Waals surface area contributed by atoms with Gasteiger partial charge < -0.3 is 9.32 Å². The Morgan fingerprint density at radius 1 is 0.793 bits per heavy atom. The van der Waals surface area contributed by atoms with Crippen molar-refractivity contribution in [3.8, 4) is 0 Å². The molecule has 2 nitrogen and oxygen atoms in total. The van der Waals surface area contributed by atoms with Gasteiger partial charge in [-0.15, -0.1) is 0 Å². The van der Waals surface area contributed by atoms with Crippen molar-refractivity contribution >= 4 is 46.6 Å². The third-order valence-corrected chi connectivity index (χ3v) is 7.36. The maximum atomic E-state index is 13.4. The summed E-state index contributed by atoms with van der Waals surface area (Å²) in [5.74, 6) is 0. The van der Waals surface area contributed by atoms with E-state index in [1.54, 1.807) is 12.1 Å². The molecule has 0 bridgehead atoms. The fourth-order valence-electron chi connectivity index (χ4n) is 3.62. The number of anilines is 2. The number of alkyl halides is 3. The lowest BCUT2D eigenvalue weighted by atomic mass is 10.1. The highest BCUT2D eigenvalue weighted by Gasteiger charge is 2.34. The zero-order valence-electron chi connectivity index (χ0n) is 16.8. The van der Waals surface area contributed by atoms with E-state index in [2.05, 4.69) is 43.9 Å². The minimum absolute atomic E-state index is 0.120. The standard InChI is InChI=1S/C23H22F3NOSi/c1-27(15-11-13-16(14-12-15)29(2,3)4)20-10-6-8-18-17-7-5-9-19(23(24,25)26)21(17)28-22(18)20/h5-14H,1-4H3. The highest BCUT2D eigenvalue weighted by atomic mass is 28.3. The van der Waals surface area contributed by atoms with Crippen molar-refractivity contribution in [2.24, 2.45) is 0 Å². The summed E-state index contributed by atoms with van der Waals surface area (Å²) in [6.07, 6.45) is -4.47. The van der Waals surface area contributed by atoms with E-state index in [-0.39, 0.29) is 5.58 Å². The number of halogens is 3. The SMILES string of the molecule is CN(c1ccc([Si](C)(C)C)cc1)c1cccc2c1oc1c(C(F)(F)F)cccc12. The van der Waals surface area contributed by atoms with E-state index in [0.29, 0.717) is 16.4 Å². The van der Waals surface area contributed by atoms with Crippen molar-refractivity contribution in [3.05, 3.63) is 66.2 Å². The Labute approximate surface area is 168 Å². The number of fused-ring (bicyclic) bond motifs is 3. The van der Waals surface area contributed by atoms with Gasteiger partial charge in [0.25, 0.3) is 0 Å². The topological polar surface area (TPSA) is 16.4 Å². The second-order valence-electron chi connectivity index (χ2n) is 8.29. The van der Waals surface area contributed by atoms with Crippen molar-refractivity contribution in [3.63, 3.8) is 0 Å². The van der Waals surface area contributed by atoms with Gasteiger partial charge in [0.2, 0.25) is 0 Å². The van der Waals surface area contributed by atoms with Gasteiger partial charge in [-0.25, -0.2) is 0 Å². The summed E-state index contributed by atoms with van der Waals surface area (Å²) in [4.78, 5) is 1.95. The van der Waals surface area contributed by atoms with Gasteiger partial charge in [-0.2, -0.15) is 13.2 Å². The third-order valence-electron chi connectivity index (χ3n) is 5.29. The zero-order chi connectivity index (χ0) is 21.0. The first-order chi connectivity index (χ1) is 13.6. The Kier molecular flexibility index (Phi) is 4.50. The quantitative estimate of drug-likeness (QED) is 0.339. The molecule has 0 saturated heterocycles. The molecule has 0 radical (unpaired) electrons. The van der Waals surface area contributed by atoms with Gasteiger partial charge in [0.15, 0.2) is 5.58 Å². The number of hydrogen-bond acceptors (Lipinski definition) is 2. The van der Waals surface area contributed by atoms with Crippen LogP contribution in [0.2, 0.25) is 19.6 Å². The van der Waals surface area contributed by atoms with Crippen molar-refractivity contribution in [2.45, 2.75) is 25.8 Å². The molecule has 0 amide bonds. The molecule has 3 aromatic carbocycles. The first-order valence-electron chi connectivity index (χ1n) is 9.43. The van der Waals surface area contributed by atoms with E-state index in [0.717, 1.165) is 17.4 Å². The van der Waals surface area contributed by atoms with Gasteiger partial charge in [0, 0.05) is 23.5 Å². The van der Waals surface area contributed by atoms with Gasteiger partial charge in [-0.3, -0.25) is 0 Å². The van der Waals surface area contributed by atoms with Crippen LogP contribution in [0.25, 0.3) is 21.9 Å². The van der Waals surface area contributed by atoms with Crippen LogP contribution in [-0.2, 0) is 6.18 Å². The van der Waals surface area contributed by atoms with Crippen LogP contribution in [0.5, 0.6) is 0 Å². The molecular formula is C23H22F3NOSi. The smallest absolute Gasteiger partial charge is 0.420 e. The second-order valence-corrected chi connectivity index (χ2v) is 13.4. The Hall–Kier alpha value is -2.73. The molecule has 4 aromatic rings. The van der Waals surface area contributed by atoms with Crippen LogP contribution in [-0.4, -0.2) is 15.1 Å². The summed E-state index contributed by atoms with van der Waals surface area (Å²) in [6.45, 7) is 6.87. The molecule has 0 aliphatic rings. The Morgan fingerprint density at radius 2 is 1.38 bits per heavy atom. The van der Waals surface area contributed by atoms with E-state index in [1.807, 2.05) is 24.1 Å². The zero-order valence-corrected chi connectivity index (χ0v) is 17.8. The van der Waals surface area contributed by atoms with Crippen molar-refractivity contribution in [1.29, 1.82) is 0 Å². The lowest BCUT2D eigenvalue weighted by Crippen LogP contribution is -2.37. The number of nitrogens with zero attached hydrogens (tertiary/aromatic N) is 1.